The molecular weight excluding hydrogens is 400 g/mol. The SMILES string of the molecule is COC(=O)C1=C(N)Oc2cc(C)n(CC3CCCO3)c(=O)c2C1c1cccc(OC)c1. The van der Waals surface area contributed by atoms with Crippen molar-refractivity contribution in [2.75, 3.05) is 20.8 Å². The maximum absolute atomic E-state index is 13.7. The van der Waals surface area contributed by atoms with E-state index in [1.54, 1.807) is 35.9 Å². The van der Waals surface area contributed by atoms with Crippen molar-refractivity contribution in [3.63, 3.8) is 0 Å². The second-order valence-electron chi connectivity index (χ2n) is 7.70. The number of carbonyl (C=O) groups excluding carboxylic acids is 1. The molecule has 0 saturated carbocycles. The molecule has 8 heteroatoms. The number of pyridine rings is 1. The standard InChI is InChI=1S/C23H26N2O6/c1-13-10-17-19(22(26)25(13)12-16-8-5-9-30-16)18(14-6-4-7-15(11-14)28-2)20(21(24)31-17)23(27)29-3/h4,6-7,10-11,16,18H,5,8-9,12,24H2,1-3H3. The average Bonchev–Trinajstić information content (AvgIpc) is 3.28. The highest BCUT2D eigenvalue weighted by Crippen LogP contribution is 2.42. The molecule has 2 unspecified atom stereocenters. The number of nitrogens with zero attached hydrogens (tertiary/aromatic N) is 1. The van der Waals surface area contributed by atoms with Crippen LogP contribution in [0.5, 0.6) is 11.5 Å². The van der Waals surface area contributed by atoms with Gasteiger partial charge in [0.1, 0.15) is 17.1 Å². The van der Waals surface area contributed by atoms with Crippen LogP contribution in [0.1, 0.15) is 35.6 Å². The molecule has 164 valence electrons. The third-order valence-electron chi connectivity index (χ3n) is 5.81. The first-order valence-electron chi connectivity index (χ1n) is 10.2. The average molecular weight is 426 g/mol. The third kappa shape index (κ3) is 3.79. The molecule has 1 fully saturated rings. The number of aromatic nitrogens is 1. The summed E-state index contributed by atoms with van der Waals surface area (Å²) in [5, 5.41) is 0. The van der Waals surface area contributed by atoms with Crippen LogP contribution in [0.2, 0.25) is 0 Å². The third-order valence-corrected chi connectivity index (χ3v) is 5.81. The summed E-state index contributed by atoms with van der Waals surface area (Å²) < 4.78 is 23.5. The van der Waals surface area contributed by atoms with E-state index in [0.717, 1.165) is 18.5 Å². The zero-order valence-electron chi connectivity index (χ0n) is 17.8. The lowest BCUT2D eigenvalue weighted by atomic mass is 9.83. The lowest BCUT2D eigenvalue weighted by Crippen LogP contribution is -2.36. The summed E-state index contributed by atoms with van der Waals surface area (Å²) in [5.74, 6) is -0.552. The molecule has 1 aromatic heterocycles. The normalized spacial score (nSPS) is 20.2. The molecule has 2 atom stereocenters. The highest BCUT2D eigenvalue weighted by Gasteiger charge is 2.38. The van der Waals surface area contributed by atoms with E-state index in [2.05, 4.69) is 0 Å². The van der Waals surface area contributed by atoms with Gasteiger partial charge in [-0.2, -0.15) is 0 Å². The van der Waals surface area contributed by atoms with Gasteiger partial charge in [0.05, 0.1) is 38.3 Å². The van der Waals surface area contributed by atoms with E-state index >= 15 is 0 Å². The zero-order chi connectivity index (χ0) is 22.1. The van der Waals surface area contributed by atoms with Gasteiger partial charge in [0.15, 0.2) is 0 Å². The van der Waals surface area contributed by atoms with E-state index in [9.17, 15) is 9.59 Å². The van der Waals surface area contributed by atoms with Gasteiger partial charge in [-0.15, -0.1) is 0 Å². The molecule has 0 aliphatic carbocycles. The number of hydrogen-bond acceptors (Lipinski definition) is 7. The van der Waals surface area contributed by atoms with E-state index in [1.165, 1.54) is 7.11 Å². The molecule has 0 spiro atoms. The van der Waals surface area contributed by atoms with Crippen LogP contribution in [0.4, 0.5) is 0 Å². The Labute approximate surface area is 180 Å². The van der Waals surface area contributed by atoms with Gasteiger partial charge in [-0.1, -0.05) is 12.1 Å². The highest BCUT2D eigenvalue weighted by molar-refractivity contribution is 5.92. The van der Waals surface area contributed by atoms with Crippen LogP contribution in [0.3, 0.4) is 0 Å². The number of ether oxygens (including phenoxy) is 4. The molecule has 0 radical (unpaired) electrons. The summed E-state index contributed by atoms with van der Waals surface area (Å²) in [4.78, 5) is 26.4. The molecule has 0 bridgehead atoms. The lowest BCUT2D eigenvalue weighted by Gasteiger charge is -2.29. The van der Waals surface area contributed by atoms with Crippen molar-refractivity contribution in [3.8, 4) is 11.5 Å². The first-order chi connectivity index (χ1) is 14.9. The Kier molecular flexibility index (Phi) is 5.73. The number of fused-ring (bicyclic) bond motifs is 1. The number of methoxy groups -OCH3 is 2. The van der Waals surface area contributed by atoms with Crippen LogP contribution in [0.25, 0.3) is 0 Å². The lowest BCUT2D eigenvalue weighted by molar-refractivity contribution is -0.136. The van der Waals surface area contributed by atoms with Gasteiger partial charge in [0.2, 0.25) is 5.88 Å². The quantitative estimate of drug-likeness (QED) is 0.732. The fraction of sp³-hybridized carbons (Fsp3) is 0.391. The molecule has 3 heterocycles. The summed E-state index contributed by atoms with van der Waals surface area (Å²) in [7, 11) is 2.83. The molecule has 0 amide bonds. The van der Waals surface area contributed by atoms with Crippen LogP contribution in [-0.2, 0) is 20.8 Å². The molecule has 2 aliphatic heterocycles. The van der Waals surface area contributed by atoms with Crippen molar-refractivity contribution in [1.29, 1.82) is 0 Å². The predicted octanol–water partition coefficient (Wildman–Crippen LogP) is 2.21. The van der Waals surface area contributed by atoms with E-state index < -0.39 is 11.9 Å². The van der Waals surface area contributed by atoms with Gasteiger partial charge in [0.25, 0.3) is 5.56 Å². The number of esters is 1. The van der Waals surface area contributed by atoms with E-state index in [-0.39, 0.29) is 23.1 Å². The Morgan fingerprint density at radius 1 is 1.29 bits per heavy atom. The molecule has 2 N–H and O–H groups in total. The van der Waals surface area contributed by atoms with E-state index in [0.29, 0.717) is 35.8 Å². The van der Waals surface area contributed by atoms with E-state index in [1.807, 2.05) is 13.0 Å². The van der Waals surface area contributed by atoms with Crippen LogP contribution in [-0.4, -0.2) is 37.5 Å². The maximum Gasteiger partial charge on any atom is 0.340 e. The number of aryl methyl sites for hydroxylation is 1. The van der Waals surface area contributed by atoms with Crippen LogP contribution >= 0.6 is 0 Å². The first kappa shape index (κ1) is 21.0. The Hall–Kier alpha value is -3.26. The summed E-state index contributed by atoms with van der Waals surface area (Å²) in [6.45, 7) is 2.98. The van der Waals surface area contributed by atoms with Crippen molar-refractivity contribution < 1.29 is 23.7 Å². The summed E-state index contributed by atoms with van der Waals surface area (Å²) in [6, 6.07) is 8.97. The topological polar surface area (TPSA) is 102 Å². The fourth-order valence-electron chi connectivity index (χ4n) is 4.27. The monoisotopic (exact) mass is 426 g/mol. The molecule has 8 nitrogen and oxygen atoms in total. The molecule has 1 saturated heterocycles. The Morgan fingerprint density at radius 2 is 2.10 bits per heavy atom. The molecule has 4 rings (SSSR count). The Morgan fingerprint density at radius 3 is 2.77 bits per heavy atom. The van der Waals surface area contributed by atoms with Gasteiger partial charge in [-0.25, -0.2) is 4.79 Å². The van der Waals surface area contributed by atoms with Crippen LogP contribution in [0, 0.1) is 6.92 Å². The molecule has 1 aromatic carbocycles. The van der Waals surface area contributed by atoms with E-state index in [4.69, 9.17) is 24.7 Å². The number of benzene rings is 1. The number of hydrogen-bond donors (Lipinski definition) is 1. The van der Waals surface area contributed by atoms with Crippen LogP contribution < -0.4 is 20.8 Å². The molecule has 2 aliphatic rings. The minimum absolute atomic E-state index is 0.0186. The van der Waals surface area contributed by atoms with Crippen LogP contribution in [0.15, 0.2) is 46.6 Å². The molecule has 2 aromatic rings. The Balaban J connectivity index is 1.92. The minimum atomic E-state index is -0.754. The zero-order valence-corrected chi connectivity index (χ0v) is 17.8. The van der Waals surface area contributed by atoms with Crippen molar-refractivity contribution in [3.05, 3.63) is 69.0 Å². The van der Waals surface area contributed by atoms with Crippen molar-refractivity contribution in [1.82, 2.24) is 4.57 Å². The van der Waals surface area contributed by atoms with Crippen molar-refractivity contribution in [2.45, 2.75) is 38.3 Å². The second-order valence-corrected chi connectivity index (χ2v) is 7.70. The number of carbonyl (C=O) groups is 1. The second kappa shape index (κ2) is 8.47. The largest absolute Gasteiger partial charge is 0.497 e. The van der Waals surface area contributed by atoms with Gasteiger partial charge in [0, 0.05) is 18.4 Å². The smallest absolute Gasteiger partial charge is 0.340 e. The summed E-state index contributed by atoms with van der Waals surface area (Å²) >= 11 is 0. The molecular formula is C23H26N2O6. The summed E-state index contributed by atoms with van der Waals surface area (Å²) in [5.41, 5.74) is 7.73. The minimum Gasteiger partial charge on any atom is -0.497 e. The van der Waals surface area contributed by atoms with Gasteiger partial charge >= 0.3 is 5.97 Å². The summed E-state index contributed by atoms with van der Waals surface area (Å²) in [6.07, 6.45) is 1.86. The van der Waals surface area contributed by atoms with Crippen molar-refractivity contribution >= 4 is 5.97 Å². The predicted molar refractivity (Wildman–Crippen MR) is 113 cm³/mol. The number of rotatable bonds is 5. The van der Waals surface area contributed by atoms with Gasteiger partial charge < -0.3 is 29.2 Å². The Bertz CT molecular complexity index is 1100. The maximum atomic E-state index is 13.7. The molecule has 31 heavy (non-hydrogen) atoms. The highest BCUT2D eigenvalue weighted by atomic mass is 16.5. The van der Waals surface area contributed by atoms with Crippen molar-refractivity contribution in [2.24, 2.45) is 5.73 Å². The van der Waals surface area contributed by atoms with Gasteiger partial charge in [-0.3, -0.25) is 4.79 Å². The first-order valence-corrected chi connectivity index (χ1v) is 10.2. The number of nitrogens with two attached hydrogens (primary N) is 1. The fourth-order valence-corrected chi connectivity index (χ4v) is 4.27. The van der Waals surface area contributed by atoms with Gasteiger partial charge in [-0.05, 0) is 37.5 Å².